The smallest absolute Gasteiger partial charge is 0.129 e. The van der Waals surface area contributed by atoms with Crippen LogP contribution in [0.4, 0.5) is 10.1 Å². The predicted molar refractivity (Wildman–Crippen MR) is 83.3 cm³/mol. The summed E-state index contributed by atoms with van der Waals surface area (Å²) >= 11 is 3.24. The minimum Gasteiger partial charge on any atom is -0.394 e. The molecule has 2 N–H and O–H groups in total. The number of aliphatic hydroxyl groups excluding tert-OH is 1. The van der Waals surface area contributed by atoms with E-state index in [9.17, 15) is 9.50 Å². The molecule has 0 aliphatic heterocycles. The molecule has 0 spiro atoms. The molecule has 2 aromatic carbocycles. The van der Waals surface area contributed by atoms with E-state index in [-0.39, 0.29) is 12.4 Å². The summed E-state index contributed by atoms with van der Waals surface area (Å²) in [7, 11) is 0. The van der Waals surface area contributed by atoms with Gasteiger partial charge in [0.15, 0.2) is 0 Å². The van der Waals surface area contributed by atoms with Crippen molar-refractivity contribution < 1.29 is 9.50 Å². The molecule has 0 saturated heterocycles. The minimum absolute atomic E-state index is 0.209. The lowest BCUT2D eigenvalue weighted by molar-refractivity contribution is 0.220. The van der Waals surface area contributed by atoms with Crippen molar-refractivity contribution in [2.75, 3.05) is 11.9 Å². The van der Waals surface area contributed by atoms with E-state index in [0.717, 1.165) is 11.3 Å². The molecule has 106 valence electrons. The lowest BCUT2D eigenvalue weighted by Crippen LogP contribution is -2.36. The van der Waals surface area contributed by atoms with Crippen molar-refractivity contribution in [1.82, 2.24) is 0 Å². The first-order valence-electron chi connectivity index (χ1n) is 6.36. The van der Waals surface area contributed by atoms with Gasteiger partial charge in [0, 0.05) is 15.7 Å². The molecule has 4 heteroatoms. The Hall–Kier alpha value is -1.39. The summed E-state index contributed by atoms with van der Waals surface area (Å²) in [5, 5.41) is 12.9. The maximum Gasteiger partial charge on any atom is 0.129 e. The molecule has 0 fully saturated rings. The van der Waals surface area contributed by atoms with Gasteiger partial charge in [0.1, 0.15) is 5.82 Å². The van der Waals surface area contributed by atoms with Crippen LogP contribution in [0.15, 0.2) is 46.9 Å². The first-order valence-corrected chi connectivity index (χ1v) is 7.15. The molecule has 0 aliphatic carbocycles. The molecule has 0 heterocycles. The van der Waals surface area contributed by atoms with Crippen LogP contribution in [0.5, 0.6) is 0 Å². The van der Waals surface area contributed by atoms with Gasteiger partial charge in [-0.2, -0.15) is 0 Å². The second-order valence-corrected chi connectivity index (χ2v) is 6.02. The third-order valence-electron chi connectivity index (χ3n) is 3.28. The van der Waals surface area contributed by atoms with E-state index >= 15 is 0 Å². The van der Waals surface area contributed by atoms with Gasteiger partial charge in [-0.1, -0.05) is 34.1 Å². The molecule has 20 heavy (non-hydrogen) atoms. The molecule has 2 rings (SSSR count). The third-order valence-corrected chi connectivity index (χ3v) is 3.77. The Bertz CT molecular complexity index is 617. The number of rotatable bonds is 4. The van der Waals surface area contributed by atoms with Crippen molar-refractivity contribution >= 4 is 21.6 Å². The van der Waals surface area contributed by atoms with E-state index in [4.69, 9.17) is 0 Å². The Morgan fingerprint density at radius 1 is 1.25 bits per heavy atom. The van der Waals surface area contributed by atoms with Gasteiger partial charge in [0.25, 0.3) is 0 Å². The summed E-state index contributed by atoms with van der Waals surface area (Å²) in [6.45, 7) is 3.56. The lowest BCUT2D eigenvalue weighted by atomic mass is 9.92. The van der Waals surface area contributed by atoms with Crippen molar-refractivity contribution in [1.29, 1.82) is 0 Å². The molecular formula is C16H17BrFNO. The maximum absolute atomic E-state index is 14.1. The Labute approximate surface area is 126 Å². The highest BCUT2D eigenvalue weighted by Gasteiger charge is 2.28. The first-order chi connectivity index (χ1) is 9.44. The molecule has 0 saturated carbocycles. The molecule has 0 bridgehead atoms. The highest BCUT2D eigenvalue weighted by molar-refractivity contribution is 9.10. The van der Waals surface area contributed by atoms with Crippen LogP contribution in [0, 0.1) is 12.7 Å². The van der Waals surface area contributed by atoms with Crippen LogP contribution in [-0.2, 0) is 5.54 Å². The average Bonchev–Trinajstić information content (AvgIpc) is 2.38. The SMILES string of the molecule is Cc1cccc(NC(C)(CO)c2ccc(Br)cc2F)c1. The summed E-state index contributed by atoms with van der Waals surface area (Å²) in [4.78, 5) is 0. The van der Waals surface area contributed by atoms with Gasteiger partial charge in [0.2, 0.25) is 0 Å². The van der Waals surface area contributed by atoms with Crippen molar-refractivity contribution in [2.24, 2.45) is 0 Å². The minimum atomic E-state index is -0.876. The van der Waals surface area contributed by atoms with Gasteiger partial charge in [-0.3, -0.25) is 0 Å². The monoisotopic (exact) mass is 337 g/mol. The van der Waals surface area contributed by atoms with Crippen LogP contribution in [0.25, 0.3) is 0 Å². The Morgan fingerprint density at radius 3 is 2.60 bits per heavy atom. The molecule has 0 amide bonds. The van der Waals surface area contributed by atoms with Gasteiger partial charge in [-0.25, -0.2) is 4.39 Å². The Kier molecular flexibility index (Phi) is 4.45. The van der Waals surface area contributed by atoms with Crippen LogP contribution in [-0.4, -0.2) is 11.7 Å². The summed E-state index contributed by atoms with van der Waals surface area (Å²) in [5.41, 5.74) is 1.51. The third kappa shape index (κ3) is 3.19. The number of aryl methyl sites for hydroxylation is 1. The number of anilines is 1. The number of halogens is 2. The predicted octanol–water partition coefficient (Wildman–Crippen LogP) is 4.22. The van der Waals surface area contributed by atoms with E-state index in [1.807, 2.05) is 31.2 Å². The first kappa shape index (κ1) is 15.0. The van der Waals surface area contributed by atoms with Crippen LogP contribution >= 0.6 is 15.9 Å². The van der Waals surface area contributed by atoms with Crippen LogP contribution in [0.2, 0.25) is 0 Å². The van der Waals surface area contributed by atoms with E-state index in [1.165, 1.54) is 6.07 Å². The zero-order chi connectivity index (χ0) is 14.8. The van der Waals surface area contributed by atoms with Crippen LogP contribution in [0.3, 0.4) is 0 Å². The largest absolute Gasteiger partial charge is 0.394 e. The number of benzene rings is 2. The van der Waals surface area contributed by atoms with Gasteiger partial charge in [-0.15, -0.1) is 0 Å². The number of hydrogen-bond donors (Lipinski definition) is 2. The number of hydrogen-bond acceptors (Lipinski definition) is 2. The standard InChI is InChI=1S/C16H17BrFNO/c1-11-4-3-5-13(8-11)19-16(2,10-20)14-7-6-12(17)9-15(14)18/h3-9,19-20H,10H2,1-2H3. The number of nitrogens with one attached hydrogen (secondary N) is 1. The molecule has 1 unspecified atom stereocenters. The van der Waals surface area contributed by atoms with Crippen molar-refractivity contribution in [3.05, 3.63) is 63.9 Å². The Balaban J connectivity index is 2.38. The molecular weight excluding hydrogens is 321 g/mol. The maximum atomic E-state index is 14.1. The van der Waals surface area contributed by atoms with Crippen molar-refractivity contribution in [2.45, 2.75) is 19.4 Å². The summed E-state index contributed by atoms with van der Waals surface area (Å²) in [5.74, 6) is -0.351. The normalized spacial score (nSPS) is 13.8. The second kappa shape index (κ2) is 5.94. The molecule has 0 radical (unpaired) electrons. The van der Waals surface area contributed by atoms with E-state index < -0.39 is 5.54 Å². The summed E-state index contributed by atoms with van der Waals surface area (Å²) < 4.78 is 14.8. The molecule has 1 atom stereocenters. The van der Waals surface area contributed by atoms with E-state index in [1.54, 1.807) is 19.1 Å². The van der Waals surface area contributed by atoms with Crippen molar-refractivity contribution in [3.8, 4) is 0 Å². The number of aliphatic hydroxyl groups is 1. The summed E-state index contributed by atoms with van der Waals surface area (Å²) in [6, 6.07) is 12.6. The zero-order valence-corrected chi connectivity index (χ0v) is 13.0. The summed E-state index contributed by atoms with van der Waals surface area (Å²) in [6.07, 6.45) is 0. The van der Waals surface area contributed by atoms with E-state index in [0.29, 0.717) is 10.0 Å². The zero-order valence-electron chi connectivity index (χ0n) is 11.5. The van der Waals surface area contributed by atoms with Gasteiger partial charge < -0.3 is 10.4 Å². The highest BCUT2D eigenvalue weighted by atomic mass is 79.9. The Morgan fingerprint density at radius 2 is 2.00 bits per heavy atom. The fourth-order valence-electron chi connectivity index (χ4n) is 2.17. The fourth-order valence-corrected chi connectivity index (χ4v) is 2.50. The quantitative estimate of drug-likeness (QED) is 0.875. The van der Waals surface area contributed by atoms with Gasteiger partial charge in [-0.05, 0) is 43.7 Å². The highest BCUT2D eigenvalue weighted by Crippen LogP contribution is 2.29. The average molecular weight is 338 g/mol. The molecule has 0 aromatic heterocycles. The van der Waals surface area contributed by atoms with Crippen molar-refractivity contribution in [3.63, 3.8) is 0 Å². The van der Waals surface area contributed by atoms with E-state index in [2.05, 4.69) is 21.2 Å². The lowest BCUT2D eigenvalue weighted by Gasteiger charge is -2.31. The second-order valence-electron chi connectivity index (χ2n) is 5.11. The molecule has 2 aromatic rings. The van der Waals surface area contributed by atoms with Gasteiger partial charge >= 0.3 is 0 Å². The fraction of sp³-hybridized carbons (Fsp3) is 0.250. The molecule has 2 nitrogen and oxygen atoms in total. The van der Waals surface area contributed by atoms with Gasteiger partial charge in [0.05, 0.1) is 12.1 Å². The van der Waals surface area contributed by atoms with Crippen LogP contribution in [0.1, 0.15) is 18.1 Å². The topological polar surface area (TPSA) is 32.3 Å². The molecule has 0 aliphatic rings. The van der Waals surface area contributed by atoms with Crippen LogP contribution < -0.4 is 5.32 Å².